The van der Waals surface area contributed by atoms with E-state index in [1.54, 1.807) is 4.68 Å². The largest absolute Gasteiger partial charge is 0.491 e. The first-order valence-corrected chi connectivity index (χ1v) is 10.2. The van der Waals surface area contributed by atoms with Crippen molar-refractivity contribution in [3.8, 4) is 11.4 Å². The van der Waals surface area contributed by atoms with Crippen LogP contribution in [0.5, 0.6) is 5.75 Å². The molecule has 29 heavy (non-hydrogen) atoms. The number of amides is 1. The van der Waals surface area contributed by atoms with Crippen LogP contribution in [-0.4, -0.2) is 51.0 Å². The molecule has 160 valence electrons. The van der Waals surface area contributed by atoms with Gasteiger partial charge in [-0.15, -0.1) is 17.5 Å². The maximum atomic E-state index is 13.1. The smallest absolute Gasteiger partial charge is 0.276 e. The van der Waals surface area contributed by atoms with Crippen molar-refractivity contribution in [1.82, 2.24) is 19.9 Å². The van der Waals surface area contributed by atoms with Crippen molar-refractivity contribution < 1.29 is 9.53 Å². The van der Waals surface area contributed by atoms with Gasteiger partial charge in [0.25, 0.3) is 5.91 Å². The number of nitrogens with two attached hydrogens (primary N) is 1. The molecule has 2 aromatic rings. The standard InChI is InChI=1S/C21H31N5O2.ClH/c1-5-19-20(21(27)25-12-6-7-16(13-25)15(4)22)23-24-26(19)17-8-10-18(11-9-17)28-14(2)3;/h8-11,14-16H,5-7,12-13,22H2,1-4H3;1H. The second-order valence-electron chi connectivity index (χ2n) is 7.82. The van der Waals surface area contributed by atoms with Crippen molar-refractivity contribution in [2.45, 2.75) is 59.1 Å². The Morgan fingerprint density at radius 1 is 1.28 bits per heavy atom. The number of benzene rings is 1. The molecule has 1 aromatic carbocycles. The molecule has 2 atom stereocenters. The average Bonchev–Trinajstić information content (AvgIpc) is 3.11. The third kappa shape index (κ3) is 5.28. The molecule has 2 unspecified atom stereocenters. The number of ether oxygens (including phenoxy) is 1. The highest BCUT2D eigenvalue weighted by atomic mass is 35.5. The monoisotopic (exact) mass is 421 g/mol. The minimum Gasteiger partial charge on any atom is -0.491 e. The van der Waals surface area contributed by atoms with Gasteiger partial charge in [-0.2, -0.15) is 0 Å². The summed E-state index contributed by atoms with van der Waals surface area (Å²) >= 11 is 0. The van der Waals surface area contributed by atoms with Crippen LogP contribution < -0.4 is 10.5 Å². The molecule has 7 nitrogen and oxygen atoms in total. The summed E-state index contributed by atoms with van der Waals surface area (Å²) in [6.07, 6.45) is 2.84. The molecule has 0 radical (unpaired) electrons. The van der Waals surface area contributed by atoms with Gasteiger partial charge in [-0.1, -0.05) is 12.1 Å². The zero-order valence-corrected chi connectivity index (χ0v) is 18.5. The van der Waals surface area contributed by atoms with E-state index in [1.807, 2.05) is 56.9 Å². The summed E-state index contributed by atoms with van der Waals surface area (Å²) in [7, 11) is 0. The maximum Gasteiger partial charge on any atom is 0.276 e. The summed E-state index contributed by atoms with van der Waals surface area (Å²) in [5.74, 6) is 1.10. The Morgan fingerprint density at radius 2 is 1.97 bits per heavy atom. The van der Waals surface area contributed by atoms with Crippen molar-refractivity contribution >= 4 is 18.3 Å². The molecule has 8 heteroatoms. The fourth-order valence-corrected chi connectivity index (χ4v) is 3.70. The highest BCUT2D eigenvalue weighted by Crippen LogP contribution is 2.23. The van der Waals surface area contributed by atoms with E-state index in [0.29, 0.717) is 24.6 Å². The summed E-state index contributed by atoms with van der Waals surface area (Å²) in [6.45, 7) is 9.46. The summed E-state index contributed by atoms with van der Waals surface area (Å²) in [6, 6.07) is 7.79. The third-order valence-corrected chi connectivity index (χ3v) is 5.24. The number of hydrogen-bond acceptors (Lipinski definition) is 5. The third-order valence-electron chi connectivity index (χ3n) is 5.24. The van der Waals surface area contributed by atoms with Gasteiger partial charge in [-0.25, -0.2) is 4.68 Å². The Hall–Kier alpha value is -2.12. The molecular formula is C21H32ClN5O2. The molecule has 0 aliphatic carbocycles. The number of aromatic nitrogens is 3. The highest BCUT2D eigenvalue weighted by Gasteiger charge is 2.30. The molecule has 1 fully saturated rings. The van der Waals surface area contributed by atoms with E-state index in [9.17, 15) is 4.79 Å². The Bertz CT molecular complexity index is 804. The normalized spacial score (nSPS) is 17.7. The number of halogens is 1. The Balaban J connectivity index is 0.00000300. The van der Waals surface area contributed by atoms with Gasteiger partial charge in [0.15, 0.2) is 5.69 Å². The molecule has 1 saturated heterocycles. The minimum atomic E-state index is -0.0480. The molecule has 2 heterocycles. The fourth-order valence-electron chi connectivity index (χ4n) is 3.70. The molecule has 2 N–H and O–H groups in total. The minimum absolute atomic E-state index is 0. The Labute approximate surface area is 179 Å². The lowest BCUT2D eigenvalue weighted by molar-refractivity contribution is 0.0653. The van der Waals surface area contributed by atoms with E-state index >= 15 is 0 Å². The van der Waals surface area contributed by atoms with Gasteiger partial charge in [-0.05, 0) is 70.2 Å². The van der Waals surface area contributed by atoms with E-state index in [-0.39, 0.29) is 30.5 Å². The molecule has 1 aliphatic heterocycles. The number of hydrogen-bond donors (Lipinski definition) is 1. The van der Waals surface area contributed by atoms with Gasteiger partial charge in [0.05, 0.1) is 17.5 Å². The zero-order chi connectivity index (χ0) is 20.3. The number of nitrogens with zero attached hydrogens (tertiary/aromatic N) is 4. The van der Waals surface area contributed by atoms with E-state index in [0.717, 1.165) is 36.5 Å². The molecule has 1 amide bonds. The second-order valence-corrected chi connectivity index (χ2v) is 7.82. The second kappa shape index (κ2) is 10.1. The van der Waals surface area contributed by atoms with Crippen molar-refractivity contribution in [3.05, 3.63) is 35.7 Å². The highest BCUT2D eigenvalue weighted by molar-refractivity contribution is 5.93. The topological polar surface area (TPSA) is 86.3 Å². The van der Waals surface area contributed by atoms with Crippen LogP contribution in [0.25, 0.3) is 5.69 Å². The van der Waals surface area contributed by atoms with E-state index in [4.69, 9.17) is 10.5 Å². The summed E-state index contributed by atoms with van der Waals surface area (Å²) in [5.41, 5.74) is 8.20. The summed E-state index contributed by atoms with van der Waals surface area (Å²) in [5, 5.41) is 8.51. The fraction of sp³-hybridized carbons (Fsp3) is 0.571. The number of piperidine rings is 1. The van der Waals surface area contributed by atoms with Crippen LogP contribution in [0, 0.1) is 5.92 Å². The number of likely N-dealkylation sites (tertiary alicyclic amines) is 1. The van der Waals surface area contributed by atoms with Gasteiger partial charge >= 0.3 is 0 Å². The Kier molecular flexibility index (Phi) is 8.05. The van der Waals surface area contributed by atoms with E-state index in [2.05, 4.69) is 10.3 Å². The molecule has 0 spiro atoms. The van der Waals surface area contributed by atoms with Crippen molar-refractivity contribution in [3.63, 3.8) is 0 Å². The molecule has 0 bridgehead atoms. The van der Waals surface area contributed by atoms with Crippen LogP contribution in [0.4, 0.5) is 0 Å². The maximum absolute atomic E-state index is 13.1. The van der Waals surface area contributed by atoms with Crippen molar-refractivity contribution in [2.75, 3.05) is 13.1 Å². The zero-order valence-electron chi connectivity index (χ0n) is 17.7. The van der Waals surface area contributed by atoms with Crippen molar-refractivity contribution in [1.29, 1.82) is 0 Å². The van der Waals surface area contributed by atoms with Gasteiger partial charge in [0.1, 0.15) is 5.75 Å². The van der Waals surface area contributed by atoms with Gasteiger partial charge in [0, 0.05) is 19.1 Å². The Morgan fingerprint density at radius 3 is 2.55 bits per heavy atom. The van der Waals surface area contributed by atoms with Crippen LogP contribution in [-0.2, 0) is 6.42 Å². The summed E-state index contributed by atoms with van der Waals surface area (Å²) in [4.78, 5) is 15.0. The number of carbonyl (C=O) groups excluding carboxylic acids is 1. The lowest BCUT2D eigenvalue weighted by Gasteiger charge is -2.34. The van der Waals surface area contributed by atoms with Crippen LogP contribution in [0.3, 0.4) is 0 Å². The van der Waals surface area contributed by atoms with Crippen LogP contribution in [0.15, 0.2) is 24.3 Å². The predicted octanol–water partition coefficient (Wildman–Crippen LogP) is 3.24. The SMILES string of the molecule is CCc1c(C(=O)N2CCCC(C(C)N)C2)nnn1-c1ccc(OC(C)C)cc1.Cl. The number of rotatable bonds is 6. The van der Waals surface area contributed by atoms with Gasteiger partial charge in [-0.3, -0.25) is 4.79 Å². The van der Waals surface area contributed by atoms with Gasteiger partial charge < -0.3 is 15.4 Å². The molecular weight excluding hydrogens is 390 g/mol. The lowest BCUT2D eigenvalue weighted by atomic mass is 9.92. The quantitative estimate of drug-likeness (QED) is 0.773. The first kappa shape index (κ1) is 23.2. The molecule has 3 rings (SSSR count). The van der Waals surface area contributed by atoms with Crippen molar-refractivity contribution in [2.24, 2.45) is 11.7 Å². The first-order chi connectivity index (χ1) is 13.4. The molecule has 1 aliphatic rings. The average molecular weight is 422 g/mol. The summed E-state index contributed by atoms with van der Waals surface area (Å²) < 4.78 is 7.45. The number of carbonyl (C=O) groups is 1. The van der Waals surface area contributed by atoms with E-state index in [1.165, 1.54) is 0 Å². The molecule has 0 saturated carbocycles. The predicted molar refractivity (Wildman–Crippen MR) is 116 cm³/mol. The van der Waals surface area contributed by atoms with E-state index < -0.39 is 0 Å². The van der Waals surface area contributed by atoms with Crippen LogP contribution in [0.2, 0.25) is 0 Å². The van der Waals surface area contributed by atoms with Gasteiger partial charge in [0.2, 0.25) is 0 Å². The first-order valence-electron chi connectivity index (χ1n) is 10.2. The lowest BCUT2D eigenvalue weighted by Crippen LogP contribution is -2.45. The van der Waals surface area contributed by atoms with Crippen LogP contribution in [0.1, 0.15) is 56.7 Å². The molecule has 1 aromatic heterocycles. The van der Waals surface area contributed by atoms with Crippen LogP contribution >= 0.6 is 12.4 Å².